The van der Waals surface area contributed by atoms with E-state index in [2.05, 4.69) is 4.98 Å². The molecule has 1 saturated carbocycles. The molecule has 0 saturated heterocycles. The number of hydrogen-bond donors (Lipinski definition) is 1. The normalized spacial score (nSPS) is 14.0. The van der Waals surface area contributed by atoms with Gasteiger partial charge in [0.2, 0.25) is 0 Å². The maximum absolute atomic E-state index is 12.8. The third kappa shape index (κ3) is 3.05. The number of benzene rings is 1. The lowest BCUT2D eigenvalue weighted by Gasteiger charge is -2.23. The number of aryl methyl sites for hydroxylation is 1. The zero-order valence-electron chi connectivity index (χ0n) is 12.1. The van der Waals surface area contributed by atoms with Crippen molar-refractivity contribution in [2.75, 3.05) is 5.73 Å². The van der Waals surface area contributed by atoms with Crippen LogP contribution in [0.3, 0.4) is 0 Å². The first-order chi connectivity index (χ1) is 10.1. The molecule has 0 radical (unpaired) electrons. The van der Waals surface area contributed by atoms with Crippen molar-refractivity contribution in [1.29, 1.82) is 0 Å². The zero-order chi connectivity index (χ0) is 14.8. The summed E-state index contributed by atoms with van der Waals surface area (Å²) in [6, 6.07) is 11.7. The topological polar surface area (TPSA) is 59.2 Å². The fourth-order valence-corrected chi connectivity index (χ4v) is 2.43. The highest BCUT2D eigenvalue weighted by molar-refractivity contribution is 5.99. The number of nitrogens with zero attached hydrogens (tertiary/aromatic N) is 2. The van der Waals surface area contributed by atoms with Crippen LogP contribution < -0.4 is 5.73 Å². The number of amides is 1. The van der Waals surface area contributed by atoms with Crippen molar-refractivity contribution in [3.8, 4) is 0 Å². The van der Waals surface area contributed by atoms with Crippen molar-refractivity contribution in [3.63, 3.8) is 0 Å². The third-order valence-electron chi connectivity index (χ3n) is 3.75. The molecule has 0 spiro atoms. The molecule has 4 nitrogen and oxygen atoms in total. The fourth-order valence-electron chi connectivity index (χ4n) is 2.43. The Balaban J connectivity index is 1.87. The number of nitrogen functional groups attached to an aromatic ring is 1. The van der Waals surface area contributed by atoms with Crippen LogP contribution in [0.25, 0.3) is 0 Å². The van der Waals surface area contributed by atoms with Crippen LogP contribution in [-0.2, 0) is 6.54 Å². The van der Waals surface area contributed by atoms with E-state index in [1.54, 1.807) is 12.3 Å². The second kappa shape index (κ2) is 5.56. The molecule has 1 aromatic carbocycles. The molecule has 3 rings (SSSR count). The fraction of sp³-hybridized carbons (Fsp3) is 0.294. The summed E-state index contributed by atoms with van der Waals surface area (Å²) >= 11 is 0. The Kier molecular flexibility index (Phi) is 3.60. The van der Waals surface area contributed by atoms with Gasteiger partial charge in [0, 0.05) is 17.9 Å². The van der Waals surface area contributed by atoms with Gasteiger partial charge in [-0.05, 0) is 44.0 Å². The van der Waals surface area contributed by atoms with Crippen molar-refractivity contribution in [3.05, 3.63) is 59.4 Å². The van der Waals surface area contributed by atoms with E-state index in [0.717, 1.165) is 24.1 Å². The predicted octanol–water partition coefficient (Wildman–Crippen LogP) is 2.78. The van der Waals surface area contributed by atoms with Crippen LogP contribution in [0.1, 0.15) is 34.5 Å². The second-order valence-corrected chi connectivity index (χ2v) is 5.58. The highest BCUT2D eigenvalue weighted by Gasteiger charge is 2.33. The van der Waals surface area contributed by atoms with Crippen LogP contribution >= 0.6 is 0 Å². The molecule has 0 atom stereocenters. The number of aromatic nitrogens is 1. The van der Waals surface area contributed by atoms with Crippen LogP contribution in [0.5, 0.6) is 0 Å². The highest BCUT2D eigenvalue weighted by atomic mass is 16.2. The van der Waals surface area contributed by atoms with E-state index in [4.69, 9.17) is 5.73 Å². The minimum Gasteiger partial charge on any atom is -0.398 e. The molecule has 2 aromatic rings. The van der Waals surface area contributed by atoms with Gasteiger partial charge in [-0.25, -0.2) is 0 Å². The first-order valence-electron chi connectivity index (χ1n) is 7.22. The van der Waals surface area contributed by atoms with Gasteiger partial charge in [-0.15, -0.1) is 0 Å². The average molecular weight is 281 g/mol. The maximum Gasteiger partial charge on any atom is 0.256 e. The van der Waals surface area contributed by atoms with Gasteiger partial charge in [-0.3, -0.25) is 9.78 Å². The number of pyridine rings is 1. The van der Waals surface area contributed by atoms with Crippen LogP contribution in [0.4, 0.5) is 5.69 Å². The number of rotatable bonds is 4. The monoisotopic (exact) mass is 281 g/mol. The molecule has 1 aromatic heterocycles. The smallest absolute Gasteiger partial charge is 0.256 e. The minimum atomic E-state index is 0.00403. The van der Waals surface area contributed by atoms with Gasteiger partial charge in [0.25, 0.3) is 5.91 Å². The van der Waals surface area contributed by atoms with Gasteiger partial charge in [-0.1, -0.05) is 17.7 Å². The van der Waals surface area contributed by atoms with Crippen molar-refractivity contribution in [2.45, 2.75) is 32.4 Å². The third-order valence-corrected chi connectivity index (χ3v) is 3.75. The van der Waals surface area contributed by atoms with Gasteiger partial charge in [0.05, 0.1) is 17.8 Å². The molecule has 1 amide bonds. The molecule has 1 aliphatic rings. The summed E-state index contributed by atoms with van der Waals surface area (Å²) in [7, 11) is 0. The predicted molar refractivity (Wildman–Crippen MR) is 82.7 cm³/mol. The van der Waals surface area contributed by atoms with Crippen LogP contribution in [-0.4, -0.2) is 21.8 Å². The van der Waals surface area contributed by atoms with E-state index in [0.29, 0.717) is 23.8 Å². The van der Waals surface area contributed by atoms with Crippen molar-refractivity contribution in [2.24, 2.45) is 0 Å². The molecule has 1 fully saturated rings. The lowest BCUT2D eigenvalue weighted by Crippen LogP contribution is -2.33. The lowest BCUT2D eigenvalue weighted by atomic mass is 10.1. The van der Waals surface area contributed by atoms with E-state index in [1.807, 2.05) is 42.2 Å². The average Bonchev–Trinajstić information content (AvgIpc) is 3.32. The molecule has 1 heterocycles. The summed E-state index contributed by atoms with van der Waals surface area (Å²) in [6.45, 7) is 2.51. The Morgan fingerprint density at radius 3 is 2.81 bits per heavy atom. The number of carbonyl (C=O) groups is 1. The molecule has 4 heteroatoms. The standard InChI is InChI=1S/C17H19N3O/c1-12-5-8-16(18)15(10-12)17(21)20(14-6-7-14)11-13-4-2-3-9-19-13/h2-5,8-10,14H,6-7,11,18H2,1H3. The van der Waals surface area contributed by atoms with E-state index in [1.165, 1.54) is 0 Å². The van der Waals surface area contributed by atoms with E-state index in [-0.39, 0.29) is 5.91 Å². The van der Waals surface area contributed by atoms with Crippen LogP contribution in [0.15, 0.2) is 42.6 Å². The molecule has 0 unspecified atom stereocenters. The lowest BCUT2D eigenvalue weighted by molar-refractivity contribution is 0.0728. The largest absolute Gasteiger partial charge is 0.398 e. The Morgan fingerprint density at radius 1 is 1.33 bits per heavy atom. The zero-order valence-corrected chi connectivity index (χ0v) is 12.1. The first-order valence-corrected chi connectivity index (χ1v) is 7.22. The van der Waals surface area contributed by atoms with Crippen molar-refractivity contribution in [1.82, 2.24) is 9.88 Å². The number of anilines is 1. The van der Waals surface area contributed by atoms with Gasteiger partial charge >= 0.3 is 0 Å². The quantitative estimate of drug-likeness (QED) is 0.877. The summed E-state index contributed by atoms with van der Waals surface area (Å²) in [5, 5.41) is 0. The Morgan fingerprint density at radius 2 is 2.14 bits per heavy atom. The summed E-state index contributed by atoms with van der Waals surface area (Å²) < 4.78 is 0. The van der Waals surface area contributed by atoms with Gasteiger partial charge in [-0.2, -0.15) is 0 Å². The highest BCUT2D eigenvalue weighted by Crippen LogP contribution is 2.30. The van der Waals surface area contributed by atoms with E-state index >= 15 is 0 Å². The van der Waals surface area contributed by atoms with Crippen molar-refractivity contribution >= 4 is 11.6 Å². The summed E-state index contributed by atoms with van der Waals surface area (Å²) in [5.41, 5.74) is 9.06. The second-order valence-electron chi connectivity index (χ2n) is 5.58. The molecule has 1 aliphatic carbocycles. The number of hydrogen-bond acceptors (Lipinski definition) is 3. The first kappa shape index (κ1) is 13.6. The van der Waals surface area contributed by atoms with Crippen LogP contribution in [0.2, 0.25) is 0 Å². The number of nitrogens with two attached hydrogens (primary N) is 1. The maximum atomic E-state index is 12.8. The van der Waals surface area contributed by atoms with Crippen molar-refractivity contribution < 1.29 is 4.79 Å². The summed E-state index contributed by atoms with van der Waals surface area (Å²) in [6.07, 6.45) is 3.88. The summed E-state index contributed by atoms with van der Waals surface area (Å²) in [4.78, 5) is 19.0. The molecule has 0 aliphatic heterocycles. The summed E-state index contributed by atoms with van der Waals surface area (Å²) in [5.74, 6) is 0.00403. The van der Waals surface area contributed by atoms with Gasteiger partial charge < -0.3 is 10.6 Å². The molecule has 2 N–H and O–H groups in total. The molecular weight excluding hydrogens is 262 g/mol. The Labute approximate surface area is 124 Å². The molecular formula is C17H19N3O. The van der Waals surface area contributed by atoms with Crippen LogP contribution in [0, 0.1) is 6.92 Å². The molecule has 108 valence electrons. The van der Waals surface area contributed by atoms with Gasteiger partial charge in [0.1, 0.15) is 0 Å². The molecule has 21 heavy (non-hydrogen) atoms. The number of carbonyl (C=O) groups excluding carboxylic acids is 1. The Bertz CT molecular complexity index is 650. The minimum absolute atomic E-state index is 0.00403. The molecule has 0 bridgehead atoms. The van der Waals surface area contributed by atoms with Gasteiger partial charge in [0.15, 0.2) is 0 Å². The Hall–Kier alpha value is -2.36. The van der Waals surface area contributed by atoms with E-state index in [9.17, 15) is 4.79 Å². The SMILES string of the molecule is Cc1ccc(N)c(C(=O)N(Cc2ccccn2)C2CC2)c1. The van der Waals surface area contributed by atoms with E-state index < -0.39 is 0 Å².